The van der Waals surface area contributed by atoms with Crippen LogP contribution < -0.4 is 9.46 Å². The Labute approximate surface area is 125 Å². The van der Waals surface area contributed by atoms with E-state index in [1.165, 1.54) is 0 Å². The van der Waals surface area contributed by atoms with Gasteiger partial charge in [-0.3, -0.25) is 0 Å². The van der Waals surface area contributed by atoms with Crippen LogP contribution in [0.1, 0.15) is 11.1 Å². The van der Waals surface area contributed by atoms with Crippen molar-refractivity contribution >= 4 is 10.0 Å². The average Bonchev–Trinajstić information content (AvgIpc) is 2.47. The molecule has 5 heteroatoms. The van der Waals surface area contributed by atoms with Gasteiger partial charge in [-0.15, -0.1) is 0 Å². The lowest BCUT2D eigenvalue weighted by Gasteiger charge is -2.09. The summed E-state index contributed by atoms with van der Waals surface area (Å²) in [5.41, 5.74) is 1.77. The molecule has 0 bridgehead atoms. The second-order valence-electron chi connectivity index (χ2n) is 4.76. The van der Waals surface area contributed by atoms with E-state index in [1.54, 1.807) is 32.2 Å². The van der Waals surface area contributed by atoms with Crippen LogP contribution in [0.25, 0.3) is 0 Å². The number of benzene rings is 2. The van der Waals surface area contributed by atoms with E-state index in [2.05, 4.69) is 4.72 Å². The minimum atomic E-state index is -3.46. The number of hydrogen-bond acceptors (Lipinski definition) is 3. The van der Waals surface area contributed by atoms with Crippen molar-refractivity contribution in [1.29, 1.82) is 0 Å². The third kappa shape index (κ3) is 4.06. The largest absolute Gasteiger partial charge is 0.497 e. The molecule has 0 unspecified atom stereocenters. The molecule has 0 amide bonds. The van der Waals surface area contributed by atoms with Gasteiger partial charge in [0.2, 0.25) is 10.0 Å². The molecule has 2 aromatic rings. The van der Waals surface area contributed by atoms with Gasteiger partial charge in [0.05, 0.1) is 12.0 Å². The third-order valence-electron chi connectivity index (χ3n) is 3.22. The summed E-state index contributed by atoms with van der Waals surface area (Å²) in [7, 11) is -1.85. The first-order chi connectivity index (χ1) is 10.0. The van der Waals surface area contributed by atoms with Crippen molar-refractivity contribution in [3.05, 3.63) is 59.7 Å². The van der Waals surface area contributed by atoms with Crippen molar-refractivity contribution in [3.8, 4) is 5.75 Å². The van der Waals surface area contributed by atoms with E-state index in [-0.39, 0.29) is 0 Å². The average molecular weight is 305 g/mol. The second-order valence-corrected chi connectivity index (χ2v) is 6.50. The minimum absolute atomic E-state index is 0.329. The maximum Gasteiger partial charge on any atom is 0.240 e. The van der Waals surface area contributed by atoms with Gasteiger partial charge in [0, 0.05) is 6.54 Å². The molecule has 0 atom stereocenters. The molecule has 0 aliphatic rings. The smallest absolute Gasteiger partial charge is 0.240 e. The van der Waals surface area contributed by atoms with Gasteiger partial charge in [-0.05, 0) is 42.7 Å². The third-order valence-corrected chi connectivity index (χ3v) is 4.84. The van der Waals surface area contributed by atoms with Crippen molar-refractivity contribution in [2.75, 3.05) is 13.7 Å². The highest BCUT2D eigenvalue weighted by atomic mass is 32.2. The van der Waals surface area contributed by atoms with Crippen molar-refractivity contribution in [3.63, 3.8) is 0 Å². The molecular weight excluding hydrogens is 286 g/mol. The Bertz CT molecular complexity index is 711. The molecule has 2 aromatic carbocycles. The zero-order valence-electron chi connectivity index (χ0n) is 12.2. The van der Waals surface area contributed by atoms with Gasteiger partial charge < -0.3 is 4.74 Å². The number of sulfonamides is 1. The Hall–Kier alpha value is -1.85. The number of ether oxygens (including phenoxy) is 1. The fourth-order valence-electron chi connectivity index (χ4n) is 2.09. The Balaban J connectivity index is 2.01. The normalized spacial score (nSPS) is 11.3. The highest BCUT2D eigenvalue weighted by Gasteiger charge is 2.15. The monoisotopic (exact) mass is 305 g/mol. The molecule has 0 heterocycles. The van der Waals surface area contributed by atoms with E-state index >= 15 is 0 Å². The number of aryl methyl sites for hydroxylation is 1. The lowest BCUT2D eigenvalue weighted by atomic mass is 10.1. The Kier molecular flexibility index (Phi) is 4.98. The predicted molar refractivity (Wildman–Crippen MR) is 83.1 cm³/mol. The zero-order valence-corrected chi connectivity index (χ0v) is 13.0. The first-order valence-electron chi connectivity index (χ1n) is 6.71. The highest BCUT2D eigenvalue weighted by Crippen LogP contribution is 2.15. The topological polar surface area (TPSA) is 55.4 Å². The summed E-state index contributed by atoms with van der Waals surface area (Å²) in [6.07, 6.45) is 0.613. The summed E-state index contributed by atoms with van der Waals surface area (Å²) >= 11 is 0. The lowest BCUT2D eigenvalue weighted by Crippen LogP contribution is -2.26. The van der Waals surface area contributed by atoms with Gasteiger partial charge in [-0.25, -0.2) is 13.1 Å². The molecule has 0 fully saturated rings. The predicted octanol–water partition coefficient (Wildman–Crippen LogP) is 2.52. The summed E-state index contributed by atoms with van der Waals surface area (Å²) < 4.78 is 32.2. The summed E-state index contributed by atoms with van der Waals surface area (Å²) in [6, 6.07) is 14.6. The summed E-state index contributed by atoms with van der Waals surface area (Å²) in [6.45, 7) is 2.14. The summed E-state index contributed by atoms with van der Waals surface area (Å²) in [5, 5.41) is 0. The number of nitrogens with one attached hydrogen (secondary N) is 1. The van der Waals surface area contributed by atoms with Gasteiger partial charge in [0.15, 0.2) is 0 Å². The van der Waals surface area contributed by atoms with Gasteiger partial charge in [-0.2, -0.15) is 0 Å². The maximum atomic E-state index is 12.2. The quantitative estimate of drug-likeness (QED) is 0.892. The maximum absolute atomic E-state index is 12.2. The Morgan fingerprint density at radius 1 is 1.10 bits per heavy atom. The summed E-state index contributed by atoms with van der Waals surface area (Å²) in [4.78, 5) is 0.329. The van der Waals surface area contributed by atoms with Gasteiger partial charge in [0.1, 0.15) is 5.75 Å². The first-order valence-corrected chi connectivity index (χ1v) is 8.19. The zero-order chi connectivity index (χ0) is 15.3. The molecular formula is C16H19NO3S. The molecule has 2 rings (SSSR count). The Morgan fingerprint density at radius 2 is 1.86 bits per heavy atom. The fraction of sp³-hybridized carbons (Fsp3) is 0.250. The van der Waals surface area contributed by atoms with Crippen molar-refractivity contribution in [1.82, 2.24) is 4.72 Å². The van der Waals surface area contributed by atoms with E-state index in [9.17, 15) is 8.42 Å². The van der Waals surface area contributed by atoms with Gasteiger partial charge in [0.25, 0.3) is 0 Å². The van der Waals surface area contributed by atoms with Crippen LogP contribution in [0.15, 0.2) is 53.4 Å². The molecule has 1 N–H and O–H groups in total. The minimum Gasteiger partial charge on any atom is -0.497 e. The van der Waals surface area contributed by atoms with Crippen LogP contribution in [-0.4, -0.2) is 22.1 Å². The number of methoxy groups -OCH3 is 1. The van der Waals surface area contributed by atoms with E-state index in [4.69, 9.17) is 4.74 Å². The Morgan fingerprint density at radius 3 is 2.57 bits per heavy atom. The second kappa shape index (κ2) is 6.74. The van der Waals surface area contributed by atoms with Crippen LogP contribution in [-0.2, 0) is 16.4 Å². The molecule has 0 aliphatic carbocycles. The standard InChI is InChI=1S/C16H19NO3S/c1-13-6-3-4-9-16(13)21(18,19)17-11-10-14-7-5-8-15(12-14)20-2/h3-9,12,17H,10-11H2,1-2H3. The van der Waals surface area contributed by atoms with Gasteiger partial charge in [-0.1, -0.05) is 30.3 Å². The summed E-state index contributed by atoms with van der Waals surface area (Å²) in [5.74, 6) is 0.772. The molecule has 0 saturated heterocycles. The van der Waals surface area contributed by atoms with Crippen LogP contribution in [0.4, 0.5) is 0 Å². The molecule has 0 aromatic heterocycles. The molecule has 112 valence electrons. The molecule has 21 heavy (non-hydrogen) atoms. The van der Waals surface area contributed by atoms with Crippen LogP contribution in [0.3, 0.4) is 0 Å². The van der Waals surface area contributed by atoms with Crippen LogP contribution in [0, 0.1) is 6.92 Å². The number of hydrogen-bond donors (Lipinski definition) is 1. The molecule has 0 saturated carbocycles. The van der Waals surface area contributed by atoms with Crippen LogP contribution in [0.5, 0.6) is 5.75 Å². The molecule has 0 aliphatic heterocycles. The van der Waals surface area contributed by atoms with Crippen molar-refractivity contribution in [2.45, 2.75) is 18.2 Å². The fourth-order valence-corrected chi connectivity index (χ4v) is 3.37. The van der Waals surface area contributed by atoms with E-state index in [0.717, 1.165) is 16.9 Å². The molecule has 0 spiro atoms. The SMILES string of the molecule is COc1cccc(CCNS(=O)(=O)c2ccccc2C)c1. The van der Waals surface area contributed by atoms with E-state index in [0.29, 0.717) is 17.9 Å². The van der Waals surface area contributed by atoms with Crippen molar-refractivity contribution < 1.29 is 13.2 Å². The number of rotatable bonds is 6. The van der Waals surface area contributed by atoms with Gasteiger partial charge >= 0.3 is 0 Å². The van der Waals surface area contributed by atoms with E-state index < -0.39 is 10.0 Å². The molecule has 0 radical (unpaired) electrons. The van der Waals surface area contributed by atoms with Crippen molar-refractivity contribution in [2.24, 2.45) is 0 Å². The van der Waals surface area contributed by atoms with Crippen LogP contribution in [0.2, 0.25) is 0 Å². The first kappa shape index (κ1) is 15.5. The highest BCUT2D eigenvalue weighted by molar-refractivity contribution is 7.89. The van der Waals surface area contributed by atoms with Crippen LogP contribution >= 0.6 is 0 Å². The molecule has 4 nitrogen and oxygen atoms in total. The lowest BCUT2D eigenvalue weighted by molar-refractivity contribution is 0.414. The van der Waals surface area contributed by atoms with E-state index in [1.807, 2.05) is 30.3 Å².